The number of carbonyl (C=O) groups is 3. The fourth-order valence-corrected chi connectivity index (χ4v) is 5.67. The fourth-order valence-electron chi connectivity index (χ4n) is 5.67. The summed E-state index contributed by atoms with van der Waals surface area (Å²) in [5.74, 6) is -0.548. The molecule has 9 nitrogen and oxygen atoms in total. The lowest BCUT2D eigenvalue weighted by atomic mass is 9.95. The van der Waals surface area contributed by atoms with Gasteiger partial charge in [-0.25, -0.2) is 4.98 Å². The number of nitrogens with one attached hydrogen (secondary N) is 1. The number of allylic oxidation sites excluding steroid dienone is 1. The molecule has 0 saturated carbocycles. The molecule has 202 valence electrons. The van der Waals surface area contributed by atoms with Crippen LogP contribution >= 0.6 is 0 Å². The second-order valence-electron chi connectivity index (χ2n) is 10.1. The van der Waals surface area contributed by atoms with Gasteiger partial charge in [-0.05, 0) is 59.7 Å². The predicted molar refractivity (Wildman–Crippen MR) is 155 cm³/mol. The van der Waals surface area contributed by atoms with Crippen LogP contribution in [-0.4, -0.2) is 64.0 Å². The van der Waals surface area contributed by atoms with Crippen LogP contribution in [-0.2, 0) is 9.53 Å². The molecule has 2 amide bonds. The highest BCUT2D eigenvalue weighted by Crippen LogP contribution is 2.38. The van der Waals surface area contributed by atoms with Gasteiger partial charge >= 0.3 is 0 Å². The van der Waals surface area contributed by atoms with Crippen molar-refractivity contribution >= 4 is 51.2 Å². The highest BCUT2D eigenvalue weighted by Gasteiger charge is 2.34. The quantitative estimate of drug-likeness (QED) is 0.326. The number of ketones is 1. The Balaban J connectivity index is 1.42. The molecular weight excluding hydrogens is 518 g/mol. The minimum Gasteiger partial charge on any atom is -0.378 e. The van der Waals surface area contributed by atoms with Gasteiger partial charge < -0.3 is 9.64 Å². The number of H-pyrrole nitrogens is 1. The Morgan fingerprint density at radius 1 is 0.927 bits per heavy atom. The monoisotopic (exact) mass is 543 g/mol. The van der Waals surface area contributed by atoms with Crippen molar-refractivity contribution in [1.29, 1.82) is 0 Å². The van der Waals surface area contributed by atoms with Crippen molar-refractivity contribution in [2.75, 3.05) is 31.2 Å². The average molecular weight is 544 g/mol. The molecule has 0 bridgehead atoms. The number of morpholine rings is 1. The Labute approximate surface area is 235 Å². The van der Waals surface area contributed by atoms with Crippen LogP contribution in [0.15, 0.2) is 78.6 Å². The van der Waals surface area contributed by atoms with Gasteiger partial charge in [0.2, 0.25) is 11.7 Å². The molecule has 2 aliphatic rings. The molecule has 4 heterocycles. The van der Waals surface area contributed by atoms with Crippen LogP contribution in [0.2, 0.25) is 0 Å². The number of Topliss-reactive ketones (excluding diaryl/α,β-unsaturated/α-hetero) is 1. The number of para-hydroxylation sites is 1. The zero-order chi connectivity index (χ0) is 28.1. The number of rotatable bonds is 3. The summed E-state index contributed by atoms with van der Waals surface area (Å²) in [5.41, 5.74) is 5.64. The van der Waals surface area contributed by atoms with Crippen LogP contribution in [0.4, 0.5) is 5.69 Å². The Morgan fingerprint density at radius 2 is 1.73 bits per heavy atom. The number of hydrogen-bond acceptors (Lipinski definition) is 6. The average Bonchev–Trinajstić information content (AvgIpc) is 3.59. The summed E-state index contributed by atoms with van der Waals surface area (Å²) in [5, 5.41) is 8.96. The van der Waals surface area contributed by atoms with E-state index in [-0.39, 0.29) is 23.3 Å². The molecule has 2 aliphatic heterocycles. The predicted octanol–water partition coefficient (Wildman–Crippen LogP) is 4.84. The lowest BCUT2D eigenvalue weighted by molar-refractivity contribution is -0.116. The van der Waals surface area contributed by atoms with Gasteiger partial charge in [-0.2, -0.15) is 5.10 Å². The van der Waals surface area contributed by atoms with Crippen LogP contribution in [0.1, 0.15) is 33.3 Å². The van der Waals surface area contributed by atoms with E-state index >= 15 is 0 Å². The summed E-state index contributed by atoms with van der Waals surface area (Å²) in [6.07, 6.45) is 3.43. The number of aromatic nitrogens is 3. The molecule has 0 spiro atoms. The van der Waals surface area contributed by atoms with E-state index in [1.54, 1.807) is 47.5 Å². The third-order valence-electron chi connectivity index (χ3n) is 7.61. The highest BCUT2D eigenvalue weighted by atomic mass is 16.5. The zero-order valence-electron chi connectivity index (χ0n) is 22.3. The Hall–Kier alpha value is -5.15. The molecule has 1 saturated heterocycles. The smallest absolute Gasteiger partial charge is 0.254 e. The van der Waals surface area contributed by atoms with Gasteiger partial charge in [-0.3, -0.25) is 24.4 Å². The van der Waals surface area contributed by atoms with Crippen molar-refractivity contribution in [3.8, 4) is 11.1 Å². The van der Waals surface area contributed by atoms with Crippen LogP contribution < -0.4 is 4.90 Å². The van der Waals surface area contributed by atoms with E-state index in [1.165, 1.54) is 11.8 Å². The lowest BCUT2D eigenvalue weighted by Crippen LogP contribution is -2.40. The first kappa shape index (κ1) is 24.9. The maximum absolute atomic E-state index is 13.4. The largest absolute Gasteiger partial charge is 0.378 e. The summed E-state index contributed by atoms with van der Waals surface area (Å²) in [6.45, 7) is 3.58. The van der Waals surface area contributed by atoms with E-state index in [0.717, 1.165) is 27.4 Å². The van der Waals surface area contributed by atoms with Gasteiger partial charge in [0.05, 0.1) is 47.5 Å². The number of ether oxygens (including phenoxy) is 1. The molecule has 0 radical (unpaired) electrons. The topological polar surface area (TPSA) is 108 Å². The normalized spacial score (nSPS) is 16.1. The molecule has 0 atom stereocenters. The number of amides is 2. The third kappa shape index (κ3) is 4.18. The number of carbonyl (C=O) groups excluding carboxylic acids is 3. The molecule has 41 heavy (non-hydrogen) atoms. The summed E-state index contributed by atoms with van der Waals surface area (Å²) < 4.78 is 5.42. The highest BCUT2D eigenvalue weighted by molar-refractivity contribution is 6.26. The van der Waals surface area contributed by atoms with Crippen molar-refractivity contribution in [1.82, 2.24) is 20.1 Å². The molecule has 9 heteroatoms. The van der Waals surface area contributed by atoms with Crippen molar-refractivity contribution in [2.45, 2.75) is 6.92 Å². The summed E-state index contributed by atoms with van der Waals surface area (Å²) in [6, 6.07) is 20.4. The Morgan fingerprint density at radius 3 is 2.56 bits per heavy atom. The minimum atomic E-state index is -0.259. The molecule has 5 aromatic rings. The summed E-state index contributed by atoms with van der Waals surface area (Å²) >= 11 is 0. The second kappa shape index (κ2) is 9.79. The van der Waals surface area contributed by atoms with E-state index in [4.69, 9.17) is 9.72 Å². The Kier molecular flexibility index (Phi) is 5.94. The molecule has 1 fully saturated rings. The molecule has 0 unspecified atom stereocenters. The van der Waals surface area contributed by atoms with Crippen LogP contribution in [0.5, 0.6) is 0 Å². The summed E-state index contributed by atoms with van der Waals surface area (Å²) in [7, 11) is 0. The zero-order valence-corrected chi connectivity index (χ0v) is 22.3. The first-order valence-corrected chi connectivity index (χ1v) is 13.4. The molecule has 1 N–H and O–H groups in total. The van der Waals surface area contributed by atoms with Crippen molar-refractivity contribution < 1.29 is 19.1 Å². The van der Waals surface area contributed by atoms with Gasteiger partial charge in [-0.15, -0.1) is 0 Å². The molecule has 3 aromatic carbocycles. The van der Waals surface area contributed by atoms with Gasteiger partial charge in [0.1, 0.15) is 0 Å². The molecule has 7 rings (SSSR count). The van der Waals surface area contributed by atoms with Gasteiger partial charge in [-0.1, -0.05) is 24.3 Å². The number of anilines is 1. The van der Waals surface area contributed by atoms with E-state index < -0.39 is 0 Å². The fraction of sp³-hybridized carbons (Fsp3) is 0.156. The lowest BCUT2D eigenvalue weighted by Gasteiger charge is -2.27. The SMILES string of the molecule is CC(=O)N1/C(=C/c2cc(-c3cccc4[nH]ncc34)c3cc(C(=O)N4CCOCC4)ccc3n2)C(=O)c2ccccc21. The van der Waals surface area contributed by atoms with Gasteiger partial charge in [0.15, 0.2) is 0 Å². The summed E-state index contributed by atoms with van der Waals surface area (Å²) in [4.78, 5) is 47.5. The van der Waals surface area contributed by atoms with Crippen molar-refractivity contribution in [3.63, 3.8) is 0 Å². The van der Waals surface area contributed by atoms with E-state index in [0.29, 0.717) is 54.3 Å². The van der Waals surface area contributed by atoms with Gasteiger partial charge in [0.25, 0.3) is 5.91 Å². The van der Waals surface area contributed by atoms with Crippen LogP contribution in [0.25, 0.3) is 39.0 Å². The van der Waals surface area contributed by atoms with E-state index in [9.17, 15) is 14.4 Å². The van der Waals surface area contributed by atoms with E-state index in [1.807, 2.05) is 36.4 Å². The number of hydrogen-bond donors (Lipinski definition) is 1. The first-order chi connectivity index (χ1) is 20.0. The first-order valence-electron chi connectivity index (χ1n) is 13.4. The standard InChI is InChI=1S/C32H25N5O4/c1-19(38)37-29-8-3-2-5-23(29)31(39)30(37)17-21-16-24(22-6-4-7-28-26(22)18-33-35-28)25-15-20(9-10-27(25)34-21)32(40)36-11-13-41-14-12-36/h2-10,15-18H,11-14H2,1H3,(H,33,35)/b30-17+. The maximum atomic E-state index is 13.4. The number of benzene rings is 3. The van der Waals surface area contributed by atoms with Crippen LogP contribution in [0.3, 0.4) is 0 Å². The van der Waals surface area contributed by atoms with Crippen molar-refractivity contribution in [2.24, 2.45) is 0 Å². The second-order valence-corrected chi connectivity index (χ2v) is 10.1. The maximum Gasteiger partial charge on any atom is 0.254 e. The Bertz CT molecular complexity index is 1920. The van der Waals surface area contributed by atoms with Gasteiger partial charge in [0, 0.05) is 41.9 Å². The number of pyridine rings is 1. The third-order valence-corrected chi connectivity index (χ3v) is 7.61. The van der Waals surface area contributed by atoms with Crippen molar-refractivity contribution in [3.05, 3.63) is 95.4 Å². The molecular formula is C32H25N5O4. The minimum absolute atomic E-state index is 0.0553. The number of fused-ring (bicyclic) bond motifs is 3. The van der Waals surface area contributed by atoms with E-state index in [2.05, 4.69) is 10.2 Å². The molecule has 0 aliphatic carbocycles. The number of aromatic amines is 1. The van der Waals surface area contributed by atoms with Crippen LogP contribution in [0, 0.1) is 0 Å². The number of nitrogens with zero attached hydrogens (tertiary/aromatic N) is 4. The molecule has 2 aromatic heterocycles.